The van der Waals surface area contributed by atoms with Gasteiger partial charge in [-0.3, -0.25) is 4.79 Å². The Morgan fingerprint density at radius 3 is 2.00 bits per heavy atom. The van der Waals surface area contributed by atoms with Crippen molar-refractivity contribution >= 4 is 17.4 Å². The van der Waals surface area contributed by atoms with E-state index in [0.29, 0.717) is 16.1 Å². The van der Waals surface area contributed by atoms with Crippen molar-refractivity contribution in [2.24, 2.45) is 0 Å². The number of rotatable bonds is 4. The fraction of sp³-hybridized carbons (Fsp3) is 0.133. The van der Waals surface area contributed by atoms with E-state index in [4.69, 9.17) is 11.6 Å². The van der Waals surface area contributed by atoms with Crippen LogP contribution >= 0.6 is 11.6 Å². The molecule has 2 rings (SSSR count). The van der Waals surface area contributed by atoms with Crippen LogP contribution in [0.1, 0.15) is 21.5 Å². The van der Waals surface area contributed by atoms with E-state index in [9.17, 15) is 4.79 Å². The highest BCUT2D eigenvalue weighted by Crippen LogP contribution is 2.14. The second-order valence-electron chi connectivity index (χ2n) is 4.06. The Morgan fingerprint density at radius 1 is 1.00 bits per heavy atom. The first-order valence-corrected chi connectivity index (χ1v) is 6.12. The zero-order chi connectivity index (χ0) is 13.0. The number of carbonyl (C=O) groups excluding carboxylic acids is 1. The molecule has 0 radical (unpaired) electrons. The molecular formula is C15H14ClNO. The van der Waals surface area contributed by atoms with Crippen LogP contribution in [0.5, 0.6) is 0 Å². The van der Waals surface area contributed by atoms with Gasteiger partial charge in [0.15, 0.2) is 5.78 Å². The molecule has 0 saturated heterocycles. The minimum absolute atomic E-state index is 0.0164. The summed E-state index contributed by atoms with van der Waals surface area (Å²) in [5.74, 6) is 0.0164. The number of halogens is 1. The lowest BCUT2D eigenvalue weighted by Gasteiger charge is -2.04. The van der Waals surface area contributed by atoms with Crippen molar-refractivity contribution < 1.29 is 4.79 Å². The van der Waals surface area contributed by atoms with Gasteiger partial charge in [0.2, 0.25) is 0 Å². The third kappa shape index (κ3) is 2.97. The predicted octanol–water partition coefficient (Wildman–Crippen LogP) is 3.29. The molecule has 0 atom stereocenters. The van der Waals surface area contributed by atoms with Crippen LogP contribution in [0, 0.1) is 0 Å². The van der Waals surface area contributed by atoms with Gasteiger partial charge in [-0.15, -0.1) is 0 Å². The lowest BCUT2D eigenvalue weighted by Crippen LogP contribution is -2.06. The molecular weight excluding hydrogens is 246 g/mol. The van der Waals surface area contributed by atoms with Crippen LogP contribution in [0.3, 0.4) is 0 Å². The zero-order valence-electron chi connectivity index (χ0n) is 10.1. The molecule has 0 unspecified atom stereocenters. The Labute approximate surface area is 112 Å². The van der Waals surface area contributed by atoms with Gasteiger partial charge < -0.3 is 5.32 Å². The van der Waals surface area contributed by atoms with Crippen LogP contribution in [-0.2, 0) is 6.54 Å². The summed E-state index contributed by atoms with van der Waals surface area (Å²) < 4.78 is 0. The Balaban J connectivity index is 2.20. The highest BCUT2D eigenvalue weighted by Gasteiger charge is 2.08. The van der Waals surface area contributed by atoms with Crippen LogP contribution in [0.25, 0.3) is 0 Å². The standard InChI is InChI=1S/C15H14ClNO/c1-17-10-11-2-4-12(5-3-11)15(18)13-6-8-14(16)9-7-13/h2-9,17H,10H2,1H3. The molecule has 3 heteroatoms. The van der Waals surface area contributed by atoms with Gasteiger partial charge in [-0.2, -0.15) is 0 Å². The topological polar surface area (TPSA) is 29.1 Å². The molecule has 2 aromatic carbocycles. The Morgan fingerprint density at radius 2 is 1.50 bits per heavy atom. The van der Waals surface area contributed by atoms with Crippen molar-refractivity contribution in [2.75, 3.05) is 7.05 Å². The summed E-state index contributed by atoms with van der Waals surface area (Å²) >= 11 is 5.80. The van der Waals surface area contributed by atoms with Crippen molar-refractivity contribution in [3.8, 4) is 0 Å². The van der Waals surface area contributed by atoms with E-state index in [0.717, 1.165) is 12.1 Å². The first-order chi connectivity index (χ1) is 8.70. The van der Waals surface area contributed by atoms with Crippen molar-refractivity contribution in [1.29, 1.82) is 0 Å². The second kappa shape index (κ2) is 5.80. The molecule has 0 fully saturated rings. The number of ketones is 1. The summed E-state index contributed by atoms with van der Waals surface area (Å²) in [6.07, 6.45) is 0. The molecule has 0 spiro atoms. The summed E-state index contributed by atoms with van der Waals surface area (Å²) in [6.45, 7) is 0.801. The van der Waals surface area contributed by atoms with Gasteiger partial charge in [0.05, 0.1) is 0 Å². The summed E-state index contributed by atoms with van der Waals surface area (Å²) in [5, 5.41) is 3.71. The maximum atomic E-state index is 12.2. The van der Waals surface area contributed by atoms with E-state index in [-0.39, 0.29) is 5.78 Å². The fourth-order valence-corrected chi connectivity index (χ4v) is 1.87. The van der Waals surface area contributed by atoms with E-state index in [2.05, 4.69) is 5.32 Å². The number of nitrogens with one attached hydrogen (secondary N) is 1. The number of hydrogen-bond acceptors (Lipinski definition) is 2. The minimum Gasteiger partial charge on any atom is -0.316 e. The van der Waals surface area contributed by atoms with Crippen molar-refractivity contribution in [3.05, 3.63) is 70.2 Å². The van der Waals surface area contributed by atoms with E-state index < -0.39 is 0 Å². The third-order valence-electron chi connectivity index (χ3n) is 2.70. The first kappa shape index (κ1) is 12.8. The predicted molar refractivity (Wildman–Crippen MR) is 74.1 cm³/mol. The van der Waals surface area contributed by atoms with Crippen LogP contribution < -0.4 is 5.32 Å². The van der Waals surface area contributed by atoms with Gasteiger partial charge >= 0.3 is 0 Å². The second-order valence-corrected chi connectivity index (χ2v) is 4.50. The van der Waals surface area contributed by atoms with Crippen LogP contribution in [-0.4, -0.2) is 12.8 Å². The zero-order valence-corrected chi connectivity index (χ0v) is 10.9. The third-order valence-corrected chi connectivity index (χ3v) is 2.96. The van der Waals surface area contributed by atoms with Gasteiger partial charge in [-0.25, -0.2) is 0 Å². The van der Waals surface area contributed by atoms with E-state index >= 15 is 0 Å². The van der Waals surface area contributed by atoms with Crippen LogP contribution in [0.2, 0.25) is 5.02 Å². The molecule has 0 aliphatic heterocycles. The average Bonchev–Trinajstić information content (AvgIpc) is 2.40. The Bertz CT molecular complexity index is 531. The first-order valence-electron chi connectivity index (χ1n) is 5.74. The molecule has 2 nitrogen and oxygen atoms in total. The summed E-state index contributed by atoms with van der Waals surface area (Å²) in [6, 6.07) is 14.6. The maximum Gasteiger partial charge on any atom is 0.193 e. The van der Waals surface area contributed by atoms with Crippen molar-refractivity contribution in [1.82, 2.24) is 5.32 Å². The van der Waals surface area contributed by atoms with Gasteiger partial charge in [0, 0.05) is 22.7 Å². The largest absolute Gasteiger partial charge is 0.316 e. The van der Waals surface area contributed by atoms with Gasteiger partial charge in [-0.05, 0) is 36.9 Å². The average molecular weight is 260 g/mol. The van der Waals surface area contributed by atoms with E-state index in [1.807, 2.05) is 31.3 Å². The monoisotopic (exact) mass is 259 g/mol. The molecule has 0 heterocycles. The number of carbonyl (C=O) groups is 1. The molecule has 92 valence electrons. The summed E-state index contributed by atoms with van der Waals surface area (Å²) in [5.41, 5.74) is 2.50. The normalized spacial score (nSPS) is 10.3. The molecule has 0 aliphatic rings. The minimum atomic E-state index is 0.0164. The lowest BCUT2D eigenvalue weighted by molar-refractivity contribution is 0.103. The van der Waals surface area contributed by atoms with Gasteiger partial charge in [0.25, 0.3) is 0 Å². The van der Waals surface area contributed by atoms with Crippen molar-refractivity contribution in [2.45, 2.75) is 6.54 Å². The highest BCUT2D eigenvalue weighted by molar-refractivity contribution is 6.30. The maximum absolute atomic E-state index is 12.2. The lowest BCUT2D eigenvalue weighted by atomic mass is 10.0. The smallest absolute Gasteiger partial charge is 0.193 e. The van der Waals surface area contributed by atoms with Crippen LogP contribution in [0.4, 0.5) is 0 Å². The number of hydrogen-bond donors (Lipinski definition) is 1. The SMILES string of the molecule is CNCc1ccc(C(=O)c2ccc(Cl)cc2)cc1. The summed E-state index contributed by atoms with van der Waals surface area (Å²) in [4.78, 5) is 12.2. The molecule has 18 heavy (non-hydrogen) atoms. The number of benzene rings is 2. The Hall–Kier alpha value is -1.64. The fourth-order valence-electron chi connectivity index (χ4n) is 1.75. The molecule has 0 amide bonds. The van der Waals surface area contributed by atoms with E-state index in [1.54, 1.807) is 24.3 Å². The quantitative estimate of drug-likeness (QED) is 0.854. The summed E-state index contributed by atoms with van der Waals surface area (Å²) in [7, 11) is 1.90. The molecule has 0 bridgehead atoms. The van der Waals surface area contributed by atoms with Crippen molar-refractivity contribution in [3.63, 3.8) is 0 Å². The van der Waals surface area contributed by atoms with Gasteiger partial charge in [0.1, 0.15) is 0 Å². The molecule has 0 saturated carbocycles. The van der Waals surface area contributed by atoms with E-state index in [1.165, 1.54) is 0 Å². The molecule has 0 aliphatic carbocycles. The molecule has 1 N–H and O–H groups in total. The van der Waals surface area contributed by atoms with Gasteiger partial charge in [-0.1, -0.05) is 35.9 Å². The highest BCUT2D eigenvalue weighted by atomic mass is 35.5. The Kier molecular flexibility index (Phi) is 4.13. The molecule has 2 aromatic rings. The van der Waals surface area contributed by atoms with Crippen LogP contribution in [0.15, 0.2) is 48.5 Å². The molecule has 0 aromatic heterocycles.